The van der Waals surface area contributed by atoms with E-state index in [-0.39, 0.29) is 12.0 Å². The van der Waals surface area contributed by atoms with Gasteiger partial charge in [0.2, 0.25) is 5.95 Å². The summed E-state index contributed by atoms with van der Waals surface area (Å²) in [5, 5.41) is 16.5. The number of aliphatic hydroxyl groups excluding tert-OH is 1. The molecule has 0 aliphatic rings. The molecule has 6 heteroatoms. The van der Waals surface area contributed by atoms with Crippen molar-refractivity contribution >= 4 is 33.3 Å². The van der Waals surface area contributed by atoms with E-state index in [9.17, 15) is 0 Å². The molecular formula is C15H24N4OS. The summed E-state index contributed by atoms with van der Waals surface area (Å²) in [5.41, 5.74) is 0.116. The number of nitrogens with zero attached hydrogens (tertiary/aromatic N) is 2. The molecule has 0 bridgehead atoms. The molecule has 2 aromatic rings. The average molecular weight is 308 g/mol. The minimum Gasteiger partial charge on any atom is -0.396 e. The number of thiophene rings is 1. The second-order valence-electron chi connectivity index (χ2n) is 6.07. The van der Waals surface area contributed by atoms with Crippen molar-refractivity contribution < 1.29 is 5.11 Å². The predicted octanol–water partition coefficient (Wildman–Crippen LogP) is 3.25. The normalized spacial score (nSPS) is 11.9. The van der Waals surface area contributed by atoms with Crippen molar-refractivity contribution in [1.82, 2.24) is 9.97 Å². The van der Waals surface area contributed by atoms with E-state index < -0.39 is 0 Å². The fourth-order valence-corrected chi connectivity index (χ4v) is 3.14. The van der Waals surface area contributed by atoms with Gasteiger partial charge in [0.1, 0.15) is 10.6 Å². The van der Waals surface area contributed by atoms with Crippen molar-refractivity contribution in [3.63, 3.8) is 0 Å². The van der Waals surface area contributed by atoms with Crippen LogP contribution in [0.3, 0.4) is 0 Å². The molecule has 2 aromatic heterocycles. The Kier molecular flexibility index (Phi) is 5.00. The third kappa shape index (κ3) is 4.04. The van der Waals surface area contributed by atoms with Crippen LogP contribution in [0.5, 0.6) is 0 Å². The Labute approximate surface area is 129 Å². The quantitative estimate of drug-likeness (QED) is 0.732. The maximum absolute atomic E-state index is 8.98. The van der Waals surface area contributed by atoms with Gasteiger partial charge in [-0.2, -0.15) is 4.98 Å². The molecule has 2 rings (SSSR count). The molecule has 3 N–H and O–H groups in total. The van der Waals surface area contributed by atoms with E-state index >= 15 is 0 Å². The summed E-state index contributed by atoms with van der Waals surface area (Å²) < 4.78 is 0. The van der Waals surface area contributed by atoms with Crippen molar-refractivity contribution in [1.29, 1.82) is 0 Å². The maximum Gasteiger partial charge on any atom is 0.225 e. The van der Waals surface area contributed by atoms with Crippen molar-refractivity contribution in [3.05, 3.63) is 10.9 Å². The zero-order valence-corrected chi connectivity index (χ0v) is 14.0. The van der Waals surface area contributed by atoms with Gasteiger partial charge in [-0.05, 0) is 31.2 Å². The van der Waals surface area contributed by atoms with Gasteiger partial charge < -0.3 is 15.7 Å². The van der Waals surface area contributed by atoms with Crippen LogP contribution in [-0.2, 0) is 0 Å². The molecule has 0 unspecified atom stereocenters. The van der Waals surface area contributed by atoms with Gasteiger partial charge in [0.15, 0.2) is 0 Å². The Morgan fingerprint density at radius 1 is 1.33 bits per heavy atom. The van der Waals surface area contributed by atoms with E-state index in [1.165, 1.54) is 4.88 Å². The van der Waals surface area contributed by atoms with Crippen molar-refractivity contribution in [2.45, 2.75) is 33.6 Å². The fraction of sp³-hybridized carbons (Fsp3) is 0.600. The first-order valence-corrected chi connectivity index (χ1v) is 8.07. The molecule has 0 saturated heterocycles. The van der Waals surface area contributed by atoms with Crippen LogP contribution in [0.1, 0.15) is 31.6 Å². The lowest BCUT2D eigenvalue weighted by molar-refractivity contribution is 0.248. The minimum absolute atomic E-state index is 0.116. The number of hydrogen-bond acceptors (Lipinski definition) is 6. The Morgan fingerprint density at radius 2 is 2.10 bits per heavy atom. The first kappa shape index (κ1) is 16.0. The van der Waals surface area contributed by atoms with Crippen LogP contribution >= 0.6 is 11.3 Å². The van der Waals surface area contributed by atoms with E-state index in [2.05, 4.69) is 47.4 Å². The summed E-state index contributed by atoms with van der Waals surface area (Å²) in [4.78, 5) is 11.3. The number of aryl methyl sites for hydroxylation is 1. The number of nitrogens with one attached hydrogen (secondary N) is 2. The lowest BCUT2D eigenvalue weighted by atomic mass is 9.88. The average Bonchev–Trinajstić information content (AvgIpc) is 2.82. The Bertz CT molecular complexity index is 609. The second-order valence-corrected chi connectivity index (χ2v) is 7.30. The standard InChI is InChI=1S/C15H24N4OS/c1-10-8-11-12(17-9-15(2,3)6-5-7-20)18-14(16-4)19-13(11)21-10/h8,20H,5-7,9H2,1-4H3,(H2,16,17,18,19). The summed E-state index contributed by atoms with van der Waals surface area (Å²) in [7, 11) is 1.83. The first-order valence-electron chi connectivity index (χ1n) is 7.26. The predicted molar refractivity (Wildman–Crippen MR) is 90.3 cm³/mol. The molecule has 0 atom stereocenters. The minimum atomic E-state index is 0.116. The summed E-state index contributed by atoms with van der Waals surface area (Å²) >= 11 is 1.68. The van der Waals surface area contributed by atoms with Crippen LogP contribution < -0.4 is 10.6 Å². The summed E-state index contributed by atoms with van der Waals surface area (Å²) in [5.74, 6) is 1.52. The van der Waals surface area contributed by atoms with Crippen molar-refractivity contribution in [3.8, 4) is 0 Å². The van der Waals surface area contributed by atoms with Crippen molar-refractivity contribution in [2.75, 3.05) is 30.8 Å². The summed E-state index contributed by atoms with van der Waals surface area (Å²) in [6.45, 7) is 7.55. The monoisotopic (exact) mass is 308 g/mol. The third-order valence-corrected chi connectivity index (χ3v) is 4.43. The molecule has 0 aliphatic heterocycles. The smallest absolute Gasteiger partial charge is 0.225 e. The van der Waals surface area contributed by atoms with Crippen LogP contribution in [0.2, 0.25) is 0 Å². The van der Waals surface area contributed by atoms with Gasteiger partial charge >= 0.3 is 0 Å². The van der Waals surface area contributed by atoms with Gasteiger partial charge in [-0.25, -0.2) is 4.98 Å². The zero-order valence-electron chi connectivity index (χ0n) is 13.2. The van der Waals surface area contributed by atoms with E-state index in [1.54, 1.807) is 11.3 Å². The lowest BCUT2D eigenvalue weighted by Crippen LogP contribution is -2.24. The highest BCUT2D eigenvalue weighted by Crippen LogP contribution is 2.31. The maximum atomic E-state index is 8.98. The Morgan fingerprint density at radius 3 is 2.76 bits per heavy atom. The van der Waals surface area contributed by atoms with Crippen LogP contribution in [0.15, 0.2) is 6.07 Å². The number of hydrogen-bond donors (Lipinski definition) is 3. The third-order valence-electron chi connectivity index (χ3n) is 3.49. The molecule has 0 aromatic carbocycles. The van der Waals surface area contributed by atoms with E-state index in [1.807, 2.05) is 7.05 Å². The SMILES string of the molecule is CNc1nc(NCC(C)(C)CCCO)c2cc(C)sc2n1. The second kappa shape index (κ2) is 6.58. The summed E-state index contributed by atoms with van der Waals surface area (Å²) in [6.07, 6.45) is 1.81. The van der Waals surface area contributed by atoms with E-state index in [0.29, 0.717) is 5.95 Å². The van der Waals surface area contributed by atoms with Crippen LogP contribution in [0.4, 0.5) is 11.8 Å². The molecule has 2 heterocycles. The number of anilines is 2. The molecule has 0 aliphatic carbocycles. The van der Waals surface area contributed by atoms with Gasteiger partial charge in [-0.3, -0.25) is 0 Å². The van der Waals surface area contributed by atoms with E-state index in [4.69, 9.17) is 5.11 Å². The molecule has 0 saturated carbocycles. The van der Waals surface area contributed by atoms with Gasteiger partial charge in [0.25, 0.3) is 0 Å². The summed E-state index contributed by atoms with van der Waals surface area (Å²) in [6, 6.07) is 2.13. The van der Waals surface area contributed by atoms with Crippen LogP contribution in [0, 0.1) is 12.3 Å². The van der Waals surface area contributed by atoms with Gasteiger partial charge in [-0.15, -0.1) is 11.3 Å². The molecule has 5 nitrogen and oxygen atoms in total. The number of aliphatic hydroxyl groups is 1. The zero-order chi connectivity index (χ0) is 15.5. The van der Waals surface area contributed by atoms with E-state index in [0.717, 1.165) is 35.4 Å². The molecule has 116 valence electrons. The highest BCUT2D eigenvalue weighted by Gasteiger charge is 2.18. The van der Waals surface area contributed by atoms with Gasteiger partial charge in [0.05, 0.1) is 5.39 Å². The number of rotatable bonds is 7. The topological polar surface area (TPSA) is 70.1 Å². The highest BCUT2D eigenvalue weighted by molar-refractivity contribution is 7.18. The van der Waals surface area contributed by atoms with Gasteiger partial charge in [-0.1, -0.05) is 13.8 Å². The Hall–Kier alpha value is -1.40. The number of fused-ring (bicyclic) bond motifs is 1. The fourth-order valence-electron chi connectivity index (χ4n) is 2.26. The molecular weight excluding hydrogens is 284 g/mol. The highest BCUT2D eigenvalue weighted by atomic mass is 32.1. The van der Waals surface area contributed by atoms with Crippen LogP contribution in [-0.4, -0.2) is 35.3 Å². The molecule has 0 spiro atoms. The molecule has 0 amide bonds. The molecule has 0 radical (unpaired) electrons. The first-order chi connectivity index (χ1) is 9.95. The number of aromatic nitrogens is 2. The van der Waals surface area contributed by atoms with Gasteiger partial charge in [0, 0.05) is 25.1 Å². The van der Waals surface area contributed by atoms with Crippen molar-refractivity contribution in [2.24, 2.45) is 5.41 Å². The Balaban J connectivity index is 2.20. The van der Waals surface area contributed by atoms with Crippen LogP contribution in [0.25, 0.3) is 10.2 Å². The molecule has 21 heavy (non-hydrogen) atoms. The lowest BCUT2D eigenvalue weighted by Gasteiger charge is -2.25. The largest absolute Gasteiger partial charge is 0.396 e. The molecule has 0 fully saturated rings.